The van der Waals surface area contributed by atoms with Gasteiger partial charge < -0.3 is 5.11 Å². The van der Waals surface area contributed by atoms with Crippen molar-refractivity contribution >= 4 is 0 Å². The van der Waals surface area contributed by atoms with Gasteiger partial charge in [0.05, 0.1) is 18.7 Å². The van der Waals surface area contributed by atoms with Crippen LogP contribution >= 0.6 is 0 Å². The molecule has 4 heteroatoms. The summed E-state index contributed by atoms with van der Waals surface area (Å²) >= 11 is 0. The Morgan fingerprint density at radius 2 is 1.92 bits per heavy atom. The van der Waals surface area contributed by atoms with Crippen molar-refractivity contribution in [3.63, 3.8) is 0 Å². The van der Waals surface area contributed by atoms with E-state index in [0.717, 1.165) is 0 Å². The summed E-state index contributed by atoms with van der Waals surface area (Å²) in [6.45, 7) is 0.111. The molecule has 2 rings (SSSR count). The van der Waals surface area contributed by atoms with Gasteiger partial charge in [-0.15, -0.1) is 0 Å². The van der Waals surface area contributed by atoms with Crippen LogP contribution in [0.1, 0.15) is 11.6 Å². The van der Waals surface area contributed by atoms with Gasteiger partial charge in [0.1, 0.15) is 0 Å². The maximum absolute atomic E-state index is 9.06. The van der Waals surface area contributed by atoms with E-state index in [4.69, 9.17) is 5.11 Å². The van der Waals surface area contributed by atoms with E-state index in [-0.39, 0.29) is 18.7 Å². The average molecular weight is 179 g/mol. The molecule has 1 aromatic rings. The second-order valence-electron chi connectivity index (χ2n) is 3.09. The highest BCUT2D eigenvalue weighted by Crippen LogP contribution is 2.17. The summed E-state index contributed by atoms with van der Waals surface area (Å²) in [5.41, 5.74) is 9.97. The second-order valence-corrected chi connectivity index (χ2v) is 3.09. The Morgan fingerprint density at radius 3 is 2.62 bits per heavy atom. The topological polar surface area (TPSA) is 56.3 Å². The lowest BCUT2D eigenvalue weighted by molar-refractivity contribution is 0.241. The molecule has 0 aliphatic carbocycles. The molecular weight excluding hydrogens is 166 g/mol. The van der Waals surface area contributed by atoms with Gasteiger partial charge in [0.15, 0.2) is 0 Å². The Balaban J connectivity index is 2.16. The number of nitrogens with one attached hydrogen (secondary N) is 3. The third kappa shape index (κ3) is 1.71. The lowest BCUT2D eigenvalue weighted by Crippen LogP contribution is -2.34. The number of hydrazine groups is 2. The fourth-order valence-corrected chi connectivity index (χ4v) is 1.52. The van der Waals surface area contributed by atoms with E-state index in [0.29, 0.717) is 0 Å². The molecule has 0 amide bonds. The molecule has 70 valence electrons. The van der Waals surface area contributed by atoms with E-state index in [1.54, 1.807) is 0 Å². The quantitative estimate of drug-likeness (QED) is 0.503. The first-order chi connectivity index (χ1) is 6.42. The highest BCUT2D eigenvalue weighted by Gasteiger charge is 2.26. The summed E-state index contributed by atoms with van der Waals surface area (Å²) in [6, 6.07) is 10.2. The molecule has 1 fully saturated rings. The van der Waals surface area contributed by atoms with Crippen LogP contribution in [-0.4, -0.2) is 17.8 Å². The minimum Gasteiger partial charge on any atom is -0.395 e. The molecule has 1 aliphatic rings. The van der Waals surface area contributed by atoms with Gasteiger partial charge in [0, 0.05) is 0 Å². The summed E-state index contributed by atoms with van der Waals surface area (Å²) in [7, 11) is 0. The number of aliphatic hydroxyl groups excluding tert-OH is 1. The van der Waals surface area contributed by atoms with Crippen LogP contribution in [0.2, 0.25) is 0 Å². The van der Waals surface area contributed by atoms with Crippen LogP contribution in [-0.2, 0) is 0 Å². The van der Waals surface area contributed by atoms with Crippen LogP contribution in [0.3, 0.4) is 0 Å². The lowest BCUT2D eigenvalue weighted by atomic mass is 10.0. The zero-order valence-electron chi connectivity index (χ0n) is 7.20. The van der Waals surface area contributed by atoms with Gasteiger partial charge in [-0.05, 0) is 5.56 Å². The van der Waals surface area contributed by atoms with Gasteiger partial charge >= 0.3 is 0 Å². The molecule has 13 heavy (non-hydrogen) atoms. The number of aliphatic hydroxyl groups is 1. The molecule has 1 aliphatic heterocycles. The van der Waals surface area contributed by atoms with Gasteiger partial charge in [-0.1, -0.05) is 30.3 Å². The fourth-order valence-electron chi connectivity index (χ4n) is 1.52. The molecule has 4 N–H and O–H groups in total. The molecule has 1 heterocycles. The van der Waals surface area contributed by atoms with Crippen LogP contribution in [0.25, 0.3) is 0 Å². The normalized spacial score (nSPS) is 27.8. The summed E-state index contributed by atoms with van der Waals surface area (Å²) in [5, 5.41) is 9.06. The SMILES string of the molecule is OCC1NNNC1c1ccccc1. The minimum atomic E-state index is 0.0300. The van der Waals surface area contributed by atoms with Crippen molar-refractivity contribution in [1.29, 1.82) is 0 Å². The number of rotatable bonds is 2. The van der Waals surface area contributed by atoms with Crippen molar-refractivity contribution < 1.29 is 5.11 Å². The van der Waals surface area contributed by atoms with Crippen LogP contribution in [0.15, 0.2) is 30.3 Å². The van der Waals surface area contributed by atoms with Crippen molar-refractivity contribution in [2.75, 3.05) is 6.61 Å². The summed E-state index contributed by atoms with van der Waals surface area (Å²) < 4.78 is 0. The van der Waals surface area contributed by atoms with E-state index in [9.17, 15) is 0 Å². The molecule has 4 nitrogen and oxygen atoms in total. The molecule has 1 saturated heterocycles. The monoisotopic (exact) mass is 179 g/mol. The van der Waals surface area contributed by atoms with Crippen LogP contribution < -0.4 is 16.4 Å². The van der Waals surface area contributed by atoms with Crippen LogP contribution in [0.5, 0.6) is 0 Å². The number of benzene rings is 1. The van der Waals surface area contributed by atoms with E-state index in [2.05, 4.69) is 16.4 Å². The van der Waals surface area contributed by atoms with Gasteiger partial charge in [-0.3, -0.25) is 0 Å². The summed E-state index contributed by atoms with van der Waals surface area (Å²) in [4.78, 5) is 0. The van der Waals surface area contributed by atoms with Crippen LogP contribution in [0, 0.1) is 0 Å². The Hall–Kier alpha value is -0.940. The predicted octanol–water partition coefficient (Wildman–Crippen LogP) is -0.299. The Kier molecular flexibility index (Phi) is 2.56. The predicted molar refractivity (Wildman–Crippen MR) is 49.5 cm³/mol. The molecule has 1 aromatic carbocycles. The lowest BCUT2D eigenvalue weighted by Gasteiger charge is -2.15. The Labute approximate surface area is 76.9 Å². The van der Waals surface area contributed by atoms with Gasteiger partial charge in [0.2, 0.25) is 0 Å². The molecular formula is C9H13N3O. The third-order valence-electron chi connectivity index (χ3n) is 2.24. The van der Waals surface area contributed by atoms with Crippen molar-refractivity contribution in [2.24, 2.45) is 0 Å². The zero-order valence-corrected chi connectivity index (χ0v) is 7.20. The summed E-state index contributed by atoms with van der Waals surface area (Å²) in [5.74, 6) is 0. The average Bonchev–Trinajstić information content (AvgIpc) is 2.67. The van der Waals surface area contributed by atoms with Crippen molar-refractivity contribution in [3.8, 4) is 0 Å². The first-order valence-corrected chi connectivity index (χ1v) is 4.33. The molecule has 0 radical (unpaired) electrons. The van der Waals surface area contributed by atoms with E-state index >= 15 is 0 Å². The highest BCUT2D eigenvalue weighted by molar-refractivity contribution is 5.21. The molecule has 0 aromatic heterocycles. The molecule has 2 atom stereocenters. The first kappa shape index (κ1) is 8.65. The maximum atomic E-state index is 9.06. The van der Waals surface area contributed by atoms with Crippen molar-refractivity contribution in [1.82, 2.24) is 16.4 Å². The molecule has 0 bridgehead atoms. The van der Waals surface area contributed by atoms with E-state index in [1.807, 2.05) is 30.3 Å². The summed E-state index contributed by atoms with van der Waals surface area (Å²) in [6.07, 6.45) is 0. The largest absolute Gasteiger partial charge is 0.395 e. The second kappa shape index (κ2) is 3.85. The molecule has 0 spiro atoms. The third-order valence-corrected chi connectivity index (χ3v) is 2.24. The van der Waals surface area contributed by atoms with Crippen molar-refractivity contribution in [3.05, 3.63) is 35.9 Å². The standard InChI is InChI=1S/C9H13N3O/c13-6-8-9(11-12-10-8)7-4-2-1-3-5-7/h1-5,8-13H,6H2. The number of hydrogen-bond acceptors (Lipinski definition) is 4. The van der Waals surface area contributed by atoms with Gasteiger partial charge in [-0.2, -0.15) is 5.53 Å². The zero-order chi connectivity index (χ0) is 9.10. The number of hydrogen-bond donors (Lipinski definition) is 4. The first-order valence-electron chi connectivity index (χ1n) is 4.33. The Bertz CT molecular complexity index is 265. The highest BCUT2D eigenvalue weighted by atomic mass is 16.3. The molecule has 0 saturated carbocycles. The minimum absolute atomic E-state index is 0.0300. The van der Waals surface area contributed by atoms with E-state index in [1.165, 1.54) is 5.56 Å². The van der Waals surface area contributed by atoms with Crippen LogP contribution in [0.4, 0.5) is 0 Å². The van der Waals surface area contributed by atoms with Crippen molar-refractivity contribution in [2.45, 2.75) is 12.1 Å². The molecule has 2 unspecified atom stereocenters. The maximum Gasteiger partial charge on any atom is 0.0665 e. The van der Waals surface area contributed by atoms with Gasteiger partial charge in [0.25, 0.3) is 0 Å². The van der Waals surface area contributed by atoms with Gasteiger partial charge in [-0.25, -0.2) is 10.9 Å². The fraction of sp³-hybridized carbons (Fsp3) is 0.333. The Morgan fingerprint density at radius 1 is 1.15 bits per heavy atom. The van der Waals surface area contributed by atoms with E-state index < -0.39 is 0 Å². The smallest absolute Gasteiger partial charge is 0.0665 e.